The van der Waals surface area contributed by atoms with Crippen molar-refractivity contribution >= 4 is 6.16 Å². The molecule has 0 atom stereocenters. The average Bonchev–Trinajstić information content (AvgIpc) is 3.15. The minimum absolute atomic E-state index is 0.231. The van der Waals surface area contributed by atoms with Gasteiger partial charge in [0.2, 0.25) is 0 Å². The summed E-state index contributed by atoms with van der Waals surface area (Å²) in [6, 6.07) is 34.1. The third-order valence-electron chi connectivity index (χ3n) is 6.78. The molecule has 0 fully saturated rings. The number of hydrogen-bond acceptors (Lipinski definition) is 3. The maximum Gasteiger partial charge on any atom is 0.514 e. The predicted molar refractivity (Wildman–Crippen MR) is 140 cm³/mol. The Bertz CT molecular complexity index is 1300. The number of fused-ring (bicyclic) bond motifs is 3. The summed E-state index contributed by atoms with van der Waals surface area (Å²) in [6.45, 7) is 8.03. The molecule has 0 unspecified atom stereocenters. The molecule has 0 aromatic heterocycles. The Labute approximate surface area is 207 Å². The van der Waals surface area contributed by atoms with Crippen molar-refractivity contribution in [2.24, 2.45) is 0 Å². The second kappa shape index (κ2) is 9.07. The van der Waals surface area contributed by atoms with Crippen LogP contribution in [0.1, 0.15) is 61.4 Å². The molecule has 5 rings (SSSR count). The van der Waals surface area contributed by atoms with Crippen LogP contribution in [0.5, 0.6) is 5.75 Å². The Morgan fingerprint density at radius 2 is 1.14 bits per heavy atom. The monoisotopic (exact) mass is 462 g/mol. The van der Waals surface area contributed by atoms with E-state index in [0.29, 0.717) is 11.7 Å². The molecule has 3 heteroatoms. The number of carbonyl (C=O) groups is 1. The molecule has 4 aromatic carbocycles. The highest BCUT2D eigenvalue weighted by molar-refractivity contribution is 5.86. The molecule has 0 spiro atoms. The Balaban J connectivity index is 1.69. The lowest BCUT2D eigenvalue weighted by Gasteiger charge is -2.34. The second-order valence-corrected chi connectivity index (χ2v) is 9.66. The molecule has 4 aromatic rings. The summed E-state index contributed by atoms with van der Waals surface area (Å²) in [5.41, 5.74) is 8.19. The zero-order valence-electron chi connectivity index (χ0n) is 20.6. The average molecular weight is 463 g/mol. The molecule has 0 aliphatic heterocycles. The first kappa shape index (κ1) is 22.9. The highest BCUT2D eigenvalue weighted by atomic mass is 16.7. The number of ether oxygens (including phenoxy) is 2. The van der Waals surface area contributed by atoms with E-state index in [1.54, 1.807) is 13.8 Å². The van der Waals surface area contributed by atoms with Crippen LogP contribution in [0.3, 0.4) is 0 Å². The van der Waals surface area contributed by atoms with Crippen LogP contribution in [0.4, 0.5) is 4.79 Å². The first-order valence-corrected chi connectivity index (χ1v) is 12.2. The van der Waals surface area contributed by atoms with Gasteiger partial charge in [-0.15, -0.1) is 0 Å². The molecule has 0 heterocycles. The third-order valence-corrected chi connectivity index (χ3v) is 6.78. The molecule has 0 bridgehead atoms. The molecule has 0 radical (unpaired) electrons. The minimum atomic E-state index is -0.691. The van der Waals surface area contributed by atoms with Gasteiger partial charge in [0.05, 0.1) is 11.5 Å². The molecule has 0 saturated heterocycles. The van der Waals surface area contributed by atoms with E-state index in [2.05, 4.69) is 98.8 Å². The van der Waals surface area contributed by atoms with Gasteiger partial charge in [-0.1, -0.05) is 98.8 Å². The van der Waals surface area contributed by atoms with Gasteiger partial charge in [0.25, 0.3) is 0 Å². The van der Waals surface area contributed by atoms with Crippen LogP contribution in [0, 0.1) is 0 Å². The zero-order valence-corrected chi connectivity index (χ0v) is 20.6. The van der Waals surface area contributed by atoms with E-state index in [1.165, 1.54) is 33.4 Å². The highest BCUT2D eigenvalue weighted by Crippen LogP contribution is 2.56. The quantitative estimate of drug-likeness (QED) is 0.195. The summed E-state index contributed by atoms with van der Waals surface area (Å²) in [5.74, 6) is 0.925. The smallest absolute Gasteiger partial charge is 0.431 e. The predicted octanol–water partition coefficient (Wildman–Crippen LogP) is 8.10. The summed E-state index contributed by atoms with van der Waals surface area (Å²) in [5, 5.41) is 0. The fraction of sp³-hybridized carbons (Fsp3) is 0.219. The van der Waals surface area contributed by atoms with E-state index in [9.17, 15) is 4.79 Å². The first-order chi connectivity index (χ1) is 16.9. The van der Waals surface area contributed by atoms with E-state index >= 15 is 0 Å². The lowest BCUT2D eigenvalue weighted by Crippen LogP contribution is -2.28. The van der Waals surface area contributed by atoms with Crippen molar-refractivity contribution in [3.8, 4) is 16.9 Å². The van der Waals surface area contributed by atoms with Crippen LogP contribution in [-0.2, 0) is 10.2 Å². The van der Waals surface area contributed by atoms with Crippen molar-refractivity contribution in [3.63, 3.8) is 0 Å². The fourth-order valence-electron chi connectivity index (χ4n) is 5.23. The van der Waals surface area contributed by atoms with E-state index < -0.39 is 11.6 Å². The maximum absolute atomic E-state index is 12.0. The van der Waals surface area contributed by atoms with E-state index in [1.807, 2.05) is 12.1 Å². The van der Waals surface area contributed by atoms with Gasteiger partial charge < -0.3 is 9.47 Å². The topological polar surface area (TPSA) is 35.5 Å². The standard InChI is InChI=1S/C32H30O3/c1-21(2)23-13-15-24(16-14-23)32(25-17-19-26(20-18-25)35-31(33)34-22(3)4)29-11-7-5-9-27(29)28-10-6-8-12-30(28)32/h5-22H,1-4H3. The van der Waals surface area contributed by atoms with Crippen LogP contribution >= 0.6 is 0 Å². The lowest BCUT2D eigenvalue weighted by atomic mass is 9.67. The molecule has 0 saturated carbocycles. The molecule has 1 aliphatic rings. The Kier molecular flexibility index (Phi) is 5.94. The van der Waals surface area contributed by atoms with E-state index in [4.69, 9.17) is 9.47 Å². The molecule has 1 aliphatic carbocycles. The van der Waals surface area contributed by atoms with Gasteiger partial charge in [0.1, 0.15) is 5.75 Å². The van der Waals surface area contributed by atoms with Gasteiger partial charge in [0.15, 0.2) is 0 Å². The van der Waals surface area contributed by atoms with Crippen molar-refractivity contribution in [2.45, 2.75) is 45.1 Å². The van der Waals surface area contributed by atoms with Crippen LogP contribution in [0.25, 0.3) is 11.1 Å². The number of carbonyl (C=O) groups excluding carboxylic acids is 1. The van der Waals surface area contributed by atoms with Gasteiger partial charge in [-0.3, -0.25) is 0 Å². The molecule has 0 amide bonds. The van der Waals surface area contributed by atoms with E-state index in [0.717, 1.165) is 5.56 Å². The van der Waals surface area contributed by atoms with Gasteiger partial charge in [-0.25, -0.2) is 4.79 Å². The molecule has 35 heavy (non-hydrogen) atoms. The highest BCUT2D eigenvalue weighted by Gasteiger charge is 2.45. The largest absolute Gasteiger partial charge is 0.514 e. The number of rotatable bonds is 5. The van der Waals surface area contributed by atoms with Crippen molar-refractivity contribution in [1.82, 2.24) is 0 Å². The summed E-state index contributed by atoms with van der Waals surface area (Å²) in [6.07, 6.45) is -0.923. The lowest BCUT2D eigenvalue weighted by molar-refractivity contribution is 0.0729. The molecule has 176 valence electrons. The summed E-state index contributed by atoms with van der Waals surface area (Å²) >= 11 is 0. The third kappa shape index (κ3) is 3.91. The number of benzene rings is 4. The summed E-state index contributed by atoms with van der Waals surface area (Å²) in [7, 11) is 0. The SMILES string of the molecule is CC(C)OC(=O)Oc1ccc(C2(c3ccc(C(C)C)cc3)c3ccccc3-c3ccccc32)cc1. The van der Waals surface area contributed by atoms with Crippen molar-refractivity contribution in [2.75, 3.05) is 0 Å². The number of hydrogen-bond donors (Lipinski definition) is 0. The fourth-order valence-corrected chi connectivity index (χ4v) is 5.23. The maximum atomic E-state index is 12.0. The van der Waals surface area contributed by atoms with Crippen LogP contribution in [0.2, 0.25) is 0 Å². The van der Waals surface area contributed by atoms with Gasteiger partial charge >= 0.3 is 6.16 Å². The van der Waals surface area contributed by atoms with Gasteiger partial charge in [0, 0.05) is 0 Å². The summed E-state index contributed by atoms with van der Waals surface area (Å²) in [4.78, 5) is 12.0. The van der Waals surface area contributed by atoms with Crippen molar-refractivity contribution in [1.29, 1.82) is 0 Å². The molecular weight excluding hydrogens is 432 g/mol. The molecule has 3 nitrogen and oxygen atoms in total. The van der Waals surface area contributed by atoms with Gasteiger partial charge in [-0.2, -0.15) is 0 Å². The minimum Gasteiger partial charge on any atom is -0.431 e. The summed E-state index contributed by atoms with van der Waals surface area (Å²) < 4.78 is 10.5. The first-order valence-electron chi connectivity index (χ1n) is 12.2. The van der Waals surface area contributed by atoms with Crippen molar-refractivity contribution < 1.29 is 14.3 Å². The zero-order chi connectivity index (χ0) is 24.6. The Morgan fingerprint density at radius 3 is 1.63 bits per heavy atom. The van der Waals surface area contributed by atoms with Gasteiger partial charge in [-0.05, 0) is 70.8 Å². The van der Waals surface area contributed by atoms with Crippen LogP contribution in [-0.4, -0.2) is 12.3 Å². The van der Waals surface area contributed by atoms with Crippen molar-refractivity contribution in [3.05, 3.63) is 125 Å². The molecule has 0 N–H and O–H groups in total. The Morgan fingerprint density at radius 1 is 0.657 bits per heavy atom. The van der Waals surface area contributed by atoms with Crippen LogP contribution in [0.15, 0.2) is 97.1 Å². The molecular formula is C32H30O3. The Hall–Kier alpha value is -3.85. The normalized spacial score (nSPS) is 13.4. The van der Waals surface area contributed by atoms with E-state index in [-0.39, 0.29) is 6.10 Å². The van der Waals surface area contributed by atoms with Crippen LogP contribution < -0.4 is 4.74 Å². The second-order valence-electron chi connectivity index (χ2n) is 9.66.